The number of nitrogens with zero attached hydrogens (tertiary/aromatic N) is 2. The van der Waals surface area contributed by atoms with E-state index in [4.69, 9.17) is 5.73 Å². The molecule has 1 aliphatic rings. The average Bonchev–Trinajstić information content (AvgIpc) is 3.17. The van der Waals surface area contributed by atoms with Crippen LogP contribution in [-0.2, 0) is 4.79 Å². The lowest BCUT2D eigenvalue weighted by molar-refractivity contribution is -0.117. The molecule has 2 atom stereocenters. The molecule has 0 radical (unpaired) electrons. The summed E-state index contributed by atoms with van der Waals surface area (Å²) in [5.41, 5.74) is 8.22. The molecule has 1 fully saturated rings. The molecule has 2 heterocycles. The topological polar surface area (TPSA) is 88.3 Å². The molecule has 3 N–H and O–H groups in total. The van der Waals surface area contributed by atoms with Gasteiger partial charge in [0, 0.05) is 25.2 Å². The fourth-order valence-electron chi connectivity index (χ4n) is 3.76. The lowest BCUT2D eigenvalue weighted by atomic mass is 9.97. The third kappa shape index (κ3) is 3.98. The molecule has 3 aromatic rings. The van der Waals surface area contributed by atoms with E-state index in [0.717, 1.165) is 22.8 Å². The standard InChI is InChI=1S/C23H24N4O2/c1-15(24)22(18-9-8-16-5-2-3-6-17(16)11-18)26-23(29)19-12-20(14-25-13-19)27-10-4-7-21(27)28/h2-3,5-6,8-9,11-15,22H,4,7,10,24H2,1H3,(H,26,29). The molecular formula is C23H24N4O2. The Balaban J connectivity index is 1.58. The summed E-state index contributed by atoms with van der Waals surface area (Å²) < 4.78 is 0. The van der Waals surface area contributed by atoms with E-state index >= 15 is 0 Å². The van der Waals surface area contributed by atoms with Gasteiger partial charge >= 0.3 is 0 Å². The summed E-state index contributed by atoms with van der Waals surface area (Å²) in [5.74, 6) is -0.199. The number of hydrogen-bond donors (Lipinski definition) is 2. The normalized spacial score (nSPS) is 16.1. The number of hydrogen-bond acceptors (Lipinski definition) is 4. The molecule has 1 aromatic heterocycles. The minimum Gasteiger partial charge on any atom is -0.344 e. The summed E-state index contributed by atoms with van der Waals surface area (Å²) in [5, 5.41) is 5.27. The molecule has 0 aliphatic carbocycles. The first-order valence-electron chi connectivity index (χ1n) is 9.83. The number of fused-ring (bicyclic) bond motifs is 1. The van der Waals surface area contributed by atoms with E-state index in [1.54, 1.807) is 17.2 Å². The number of carbonyl (C=O) groups is 2. The van der Waals surface area contributed by atoms with Crippen LogP contribution in [0.4, 0.5) is 5.69 Å². The largest absolute Gasteiger partial charge is 0.344 e. The maximum atomic E-state index is 12.9. The Hall–Kier alpha value is -3.25. The summed E-state index contributed by atoms with van der Waals surface area (Å²) in [7, 11) is 0. The highest BCUT2D eigenvalue weighted by molar-refractivity contribution is 5.98. The van der Waals surface area contributed by atoms with Gasteiger partial charge in [0.2, 0.25) is 5.91 Å². The summed E-state index contributed by atoms with van der Waals surface area (Å²) >= 11 is 0. The van der Waals surface area contributed by atoms with Crippen LogP contribution >= 0.6 is 0 Å². The third-order valence-electron chi connectivity index (χ3n) is 5.32. The maximum absolute atomic E-state index is 12.9. The van der Waals surface area contributed by atoms with Crippen molar-refractivity contribution in [2.45, 2.75) is 31.8 Å². The van der Waals surface area contributed by atoms with Crippen molar-refractivity contribution in [1.29, 1.82) is 0 Å². The second kappa shape index (κ2) is 8.01. The van der Waals surface area contributed by atoms with Gasteiger partial charge in [-0.25, -0.2) is 0 Å². The molecule has 6 heteroatoms. The van der Waals surface area contributed by atoms with E-state index in [-0.39, 0.29) is 23.9 Å². The number of nitrogens with one attached hydrogen (secondary N) is 1. The number of benzene rings is 2. The first-order valence-corrected chi connectivity index (χ1v) is 9.83. The van der Waals surface area contributed by atoms with E-state index in [1.165, 1.54) is 6.20 Å². The average molecular weight is 388 g/mol. The van der Waals surface area contributed by atoms with Gasteiger partial charge < -0.3 is 16.0 Å². The van der Waals surface area contributed by atoms with Crippen molar-refractivity contribution >= 4 is 28.3 Å². The van der Waals surface area contributed by atoms with Crippen molar-refractivity contribution in [3.05, 3.63) is 72.1 Å². The zero-order valence-corrected chi connectivity index (χ0v) is 16.3. The number of rotatable bonds is 5. The smallest absolute Gasteiger partial charge is 0.253 e. The van der Waals surface area contributed by atoms with Crippen LogP contribution in [0.2, 0.25) is 0 Å². The monoisotopic (exact) mass is 388 g/mol. The highest BCUT2D eigenvalue weighted by Gasteiger charge is 2.24. The van der Waals surface area contributed by atoms with Crippen LogP contribution in [0, 0.1) is 0 Å². The van der Waals surface area contributed by atoms with Gasteiger partial charge in [0.25, 0.3) is 5.91 Å². The van der Waals surface area contributed by atoms with Crippen LogP contribution in [0.25, 0.3) is 10.8 Å². The first kappa shape index (κ1) is 19.1. The second-order valence-corrected chi connectivity index (χ2v) is 7.50. The molecule has 148 valence electrons. The number of amides is 2. The molecule has 0 spiro atoms. The van der Waals surface area contributed by atoms with Gasteiger partial charge in [-0.05, 0) is 41.8 Å². The zero-order chi connectivity index (χ0) is 20.4. The van der Waals surface area contributed by atoms with Gasteiger partial charge in [-0.2, -0.15) is 0 Å². The zero-order valence-electron chi connectivity index (χ0n) is 16.3. The van der Waals surface area contributed by atoms with Gasteiger partial charge in [0.1, 0.15) is 0 Å². The molecule has 4 rings (SSSR count). The van der Waals surface area contributed by atoms with Crippen molar-refractivity contribution in [1.82, 2.24) is 10.3 Å². The van der Waals surface area contributed by atoms with Gasteiger partial charge in [0.15, 0.2) is 0 Å². The van der Waals surface area contributed by atoms with Gasteiger partial charge in [0.05, 0.1) is 23.5 Å². The predicted octanol–water partition coefficient (Wildman–Crippen LogP) is 3.18. The Bertz CT molecular complexity index is 1060. The van der Waals surface area contributed by atoms with Crippen LogP contribution in [0.5, 0.6) is 0 Å². The molecule has 6 nitrogen and oxygen atoms in total. The Morgan fingerprint density at radius 1 is 1.14 bits per heavy atom. The highest BCUT2D eigenvalue weighted by Crippen LogP contribution is 2.24. The number of anilines is 1. The van der Waals surface area contributed by atoms with Crippen molar-refractivity contribution in [2.75, 3.05) is 11.4 Å². The summed E-state index contributed by atoms with van der Waals surface area (Å²) in [6.45, 7) is 2.53. The lowest BCUT2D eigenvalue weighted by Crippen LogP contribution is -2.39. The van der Waals surface area contributed by atoms with E-state index in [1.807, 2.05) is 37.3 Å². The van der Waals surface area contributed by atoms with E-state index in [9.17, 15) is 9.59 Å². The van der Waals surface area contributed by atoms with Crippen LogP contribution in [0.1, 0.15) is 41.7 Å². The minimum atomic E-state index is -0.343. The Morgan fingerprint density at radius 3 is 2.66 bits per heavy atom. The number of nitrogens with two attached hydrogens (primary N) is 1. The van der Waals surface area contributed by atoms with Crippen LogP contribution in [0.15, 0.2) is 60.9 Å². The van der Waals surface area contributed by atoms with Gasteiger partial charge in [-0.15, -0.1) is 0 Å². The maximum Gasteiger partial charge on any atom is 0.253 e. The van der Waals surface area contributed by atoms with Crippen molar-refractivity contribution in [3.63, 3.8) is 0 Å². The molecule has 2 unspecified atom stereocenters. The fourth-order valence-corrected chi connectivity index (χ4v) is 3.76. The quantitative estimate of drug-likeness (QED) is 0.703. The van der Waals surface area contributed by atoms with Crippen LogP contribution in [0.3, 0.4) is 0 Å². The fraction of sp³-hybridized carbons (Fsp3) is 0.261. The molecule has 0 bridgehead atoms. The molecule has 1 saturated heterocycles. The molecular weight excluding hydrogens is 364 g/mol. The van der Waals surface area contributed by atoms with E-state index in [2.05, 4.69) is 22.4 Å². The Morgan fingerprint density at radius 2 is 1.93 bits per heavy atom. The predicted molar refractivity (Wildman–Crippen MR) is 114 cm³/mol. The summed E-state index contributed by atoms with van der Waals surface area (Å²) in [6.07, 6.45) is 4.49. The molecule has 2 aromatic carbocycles. The first-order chi connectivity index (χ1) is 14.0. The molecule has 0 saturated carbocycles. The lowest BCUT2D eigenvalue weighted by Gasteiger charge is -2.23. The number of pyridine rings is 1. The van der Waals surface area contributed by atoms with Crippen LogP contribution in [-0.4, -0.2) is 29.4 Å². The Kier molecular flexibility index (Phi) is 5.27. The van der Waals surface area contributed by atoms with Crippen molar-refractivity contribution in [3.8, 4) is 0 Å². The van der Waals surface area contributed by atoms with Crippen molar-refractivity contribution < 1.29 is 9.59 Å². The van der Waals surface area contributed by atoms with Gasteiger partial charge in [-0.1, -0.05) is 36.4 Å². The van der Waals surface area contributed by atoms with Gasteiger partial charge in [-0.3, -0.25) is 14.6 Å². The molecule has 2 amide bonds. The van der Waals surface area contributed by atoms with Crippen molar-refractivity contribution in [2.24, 2.45) is 5.73 Å². The Labute approximate surface area is 169 Å². The van der Waals surface area contributed by atoms with E-state index < -0.39 is 0 Å². The minimum absolute atomic E-state index is 0.0639. The van der Waals surface area contributed by atoms with E-state index in [0.29, 0.717) is 24.2 Å². The third-order valence-corrected chi connectivity index (χ3v) is 5.32. The van der Waals surface area contributed by atoms with Crippen LogP contribution < -0.4 is 16.0 Å². The highest BCUT2D eigenvalue weighted by atomic mass is 16.2. The SMILES string of the molecule is CC(N)C(NC(=O)c1cncc(N2CCCC2=O)c1)c1ccc2ccccc2c1. The number of carbonyl (C=O) groups excluding carboxylic acids is 2. The summed E-state index contributed by atoms with van der Waals surface area (Å²) in [6, 6.07) is 15.3. The second-order valence-electron chi connectivity index (χ2n) is 7.50. The number of aromatic nitrogens is 1. The summed E-state index contributed by atoms with van der Waals surface area (Å²) in [4.78, 5) is 30.8. The molecule has 29 heavy (non-hydrogen) atoms. The molecule has 1 aliphatic heterocycles.